The number of hydrogen-bond acceptors (Lipinski definition) is 6. The van der Waals surface area contributed by atoms with E-state index in [1.807, 2.05) is 22.9 Å². The molecule has 0 saturated heterocycles. The Morgan fingerprint density at radius 1 is 1.08 bits per heavy atom. The van der Waals surface area contributed by atoms with E-state index in [2.05, 4.69) is 40.6 Å². The van der Waals surface area contributed by atoms with Gasteiger partial charge in [-0.25, -0.2) is 4.98 Å². The number of benzene rings is 2. The quantitative estimate of drug-likeness (QED) is 0.358. The van der Waals surface area contributed by atoms with Crippen molar-refractivity contribution in [2.75, 3.05) is 0 Å². The van der Waals surface area contributed by atoms with Crippen molar-refractivity contribution in [3.05, 3.63) is 92.9 Å². The third kappa shape index (κ3) is 3.72. The van der Waals surface area contributed by atoms with Gasteiger partial charge in [-0.3, -0.25) is 14.4 Å². The molecule has 0 bridgehead atoms. The van der Waals surface area contributed by atoms with Crippen LogP contribution in [0.25, 0.3) is 22.5 Å². The molecule has 8 nitrogen and oxygen atoms in total. The van der Waals surface area contributed by atoms with Crippen LogP contribution in [0.4, 0.5) is 0 Å². The summed E-state index contributed by atoms with van der Waals surface area (Å²) in [5, 5.41) is 12.1. The maximum Gasteiger partial charge on any atom is 0.254 e. The molecule has 0 radical (unpaired) electrons. The van der Waals surface area contributed by atoms with Gasteiger partial charge in [0.25, 0.3) is 5.56 Å². The summed E-state index contributed by atoms with van der Waals surface area (Å²) in [5.74, 6) is 2.25. The lowest BCUT2D eigenvalue weighted by molar-refractivity contribution is 0.501. The van der Waals surface area contributed by atoms with Crippen molar-refractivity contribution in [2.24, 2.45) is 16.8 Å². The Morgan fingerprint density at radius 3 is 2.87 bits per heavy atom. The first-order valence-corrected chi connectivity index (χ1v) is 14.0. The van der Waals surface area contributed by atoms with Gasteiger partial charge in [0.1, 0.15) is 12.2 Å². The molecule has 4 atom stereocenters. The van der Waals surface area contributed by atoms with Gasteiger partial charge in [-0.05, 0) is 88.4 Å². The lowest BCUT2D eigenvalue weighted by Gasteiger charge is -2.22. The Morgan fingerprint density at radius 2 is 2.00 bits per heavy atom. The van der Waals surface area contributed by atoms with Crippen molar-refractivity contribution in [2.45, 2.75) is 51.0 Å². The van der Waals surface area contributed by atoms with Gasteiger partial charge in [0, 0.05) is 40.9 Å². The number of fused-ring (bicyclic) bond motifs is 4. The van der Waals surface area contributed by atoms with Crippen molar-refractivity contribution < 1.29 is 0 Å². The molecule has 39 heavy (non-hydrogen) atoms. The average molecular weight is 536 g/mol. The van der Waals surface area contributed by atoms with Crippen LogP contribution in [-0.2, 0) is 12.8 Å². The second kappa shape index (κ2) is 8.55. The molecule has 0 N–H and O–H groups in total. The number of aromatic nitrogens is 6. The third-order valence-electron chi connectivity index (χ3n) is 8.82. The van der Waals surface area contributed by atoms with Crippen LogP contribution in [0.15, 0.2) is 64.8 Å². The Labute approximate surface area is 230 Å². The van der Waals surface area contributed by atoms with E-state index in [1.165, 1.54) is 41.4 Å². The second-order valence-corrected chi connectivity index (χ2v) is 11.8. The molecule has 4 aromatic rings. The number of rotatable bonds is 4. The summed E-state index contributed by atoms with van der Waals surface area (Å²) in [6.45, 7) is 2.34. The summed E-state index contributed by atoms with van der Waals surface area (Å²) in [6, 6.07) is 13.9. The third-order valence-corrected chi connectivity index (χ3v) is 9.05. The van der Waals surface area contributed by atoms with E-state index in [1.54, 1.807) is 16.8 Å². The van der Waals surface area contributed by atoms with Crippen LogP contribution in [0.2, 0.25) is 5.02 Å². The Bertz CT molecular complexity index is 1770. The molecule has 4 unspecified atom stereocenters. The Kier molecular flexibility index (Phi) is 5.04. The molecular weight excluding hydrogens is 510 g/mol. The van der Waals surface area contributed by atoms with Crippen molar-refractivity contribution in [1.29, 1.82) is 0 Å². The first-order chi connectivity index (χ1) is 19.0. The fraction of sp³-hybridized carbons (Fsp3) is 0.333. The fourth-order valence-electron chi connectivity index (χ4n) is 6.76. The molecule has 9 heteroatoms. The zero-order valence-corrected chi connectivity index (χ0v) is 22.2. The SMILES string of the molecule is CC1CCc2cc(C3=CN=C(C4C5CC5c5nc(-c6cc(Cl)ccc6-n6cnnn6)cc(=O)n54)C3)ccc2C1. The van der Waals surface area contributed by atoms with E-state index in [4.69, 9.17) is 21.6 Å². The van der Waals surface area contributed by atoms with E-state index in [-0.39, 0.29) is 17.5 Å². The number of tetrazole rings is 1. The van der Waals surface area contributed by atoms with Crippen LogP contribution < -0.4 is 5.56 Å². The minimum Gasteiger partial charge on any atom is -0.287 e. The predicted octanol–water partition coefficient (Wildman–Crippen LogP) is 5.21. The molecule has 2 aromatic carbocycles. The van der Waals surface area contributed by atoms with Gasteiger partial charge in [-0.15, -0.1) is 5.10 Å². The number of nitrogens with zero attached hydrogens (tertiary/aromatic N) is 7. The second-order valence-electron chi connectivity index (χ2n) is 11.4. The molecule has 2 aliphatic carbocycles. The molecule has 0 amide bonds. The molecule has 2 aromatic heterocycles. The lowest BCUT2D eigenvalue weighted by atomic mass is 9.83. The van der Waals surface area contributed by atoms with Crippen LogP contribution in [0.3, 0.4) is 0 Å². The Hall–Kier alpha value is -3.91. The molecule has 4 heterocycles. The lowest BCUT2D eigenvalue weighted by Crippen LogP contribution is -2.30. The van der Waals surface area contributed by atoms with Crippen molar-refractivity contribution in [1.82, 2.24) is 29.8 Å². The van der Waals surface area contributed by atoms with Crippen LogP contribution >= 0.6 is 11.6 Å². The number of aryl methyl sites for hydroxylation is 1. The summed E-state index contributed by atoms with van der Waals surface area (Å²) in [6.07, 6.45) is 8.90. The average Bonchev–Trinajstić information content (AvgIpc) is 3.28. The topological polar surface area (TPSA) is 90.8 Å². The molecular formula is C30H26ClN7O. The zero-order valence-electron chi connectivity index (χ0n) is 21.5. The van der Waals surface area contributed by atoms with Gasteiger partial charge in [-0.2, -0.15) is 4.68 Å². The zero-order chi connectivity index (χ0) is 26.2. The highest BCUT2D eigenvalue weighted by Crippen LogP contribution is 2.59. The maximum absolute atomic E-state index is 13.6. The summed E-state index contributed by atoms with van der Waals surface area (Å²) in [4.78, 5) is 23.5. The first kappa shape index (κ1) is 23.0. The number of hydrogen-bond donors (Lipinski definition) is 0. The van der Waals surface area contributed by atoms with E-state index in [0.29, 0.717) is 16.6 Å². The highest BCUT2D eigenvalue weighted by atomic mass is 35.5. The van der Waals surface area contributed by atoms with E-state index in [9.17, 15) is 4.79 Å². The first-order valence-electron chi connectivity index (χ1n) is 13.6. The minimum absolute atomic E-state index is 0.0374. The highest BCUT2D eigenvalue weighted by Gasteiger charge is 2.55. The molecule has 194 valence electrons. The standard InChI is InChI=1S/C30H26ClN7O/c1-16-2-3-18-9-19(5-4-17(18)8-16)20-10-26(32-14-20)29-22-12-23(22)30-34-25(13-28(39)38(29)30)24-11-21(31)6-7-27(24)37-15-33-35-36-37/h4-7,9,11,13-16,22-23,29H,2-3,8,10,12H2,1H3. The monoisotopic (exact) mass is 535 g/mol. The fourth-order valence-corrected chi connectivity index (χ4v) is 6.93. The van der Waals surface area contributed by atoms with Crippen LogP contribution in [0.1, 0.15) is 60.7 Å². The molecule has 4 aliphatic rings. The van der Waals surface area contributed by atoms with Gasteiger partial charge in [0.2, 0.25) is 0 Å². The van der Waals surface area contributed by atoms with Gasteiger partial charge >= 0.3 is 0 Å². The van der Waals surface area contributed by atoms with Crippen molar-refractivity contribution >= 4 is 22.9 Å². The summed E-state index contributed by atoms with van der Waals surface area (Å²) < 4.78 is 3.44. The smallest absolute Gasteiger partial charge is 0.254 e. The normalized spacial score (nSPS) is 24.6. The Balaban J connectivity index is 1.11. The number of allylic oxidation sites excluding steroid dienone is 1. The van der Waals surface area contributed by atoms with Crippen molar-refractivity contribution in [3.63, 3.8) is 0 Å². The van der Waals surface area contributed by atoms with Crippen molar-refractivity contribution in [3.8, 4) is 16.9 Å². The molecule has 2 aliphatic heterocycles. The predicted molar refractivity (Wildman–Crippen MR) is 149 cm³/mol. The molecule has 1 fully saturated rings. The van der Waals surface area contributed by atoms with Crippen LogP contribution in [0.5, 0.6) is 0 Å². The van der Waals surface area contributed by atoms with Gasteiger partial charge in [0.15, 0.2) is 0 Å². The van der Waals surface area contributed by atoms with Crippen LogP contribution in [0, 0.1) is 11.8 Å². The largest absolute Gasteiger partial charge is 0.287 e. The highest BCUT2D eigenvalue weighted by molar-refractivity contribution is 6.31. The van der Waals surface area contributed by atoms with E-state index in [0.717, 1.165) is 48.0 Å². The van der Waals surface area contributed by atoms with Gasteiger partial charge in [0.05, 0.1) is 17.4 Å². The van der Waals surface area contributed by atoms with Crippen LogP contribution in [-0.4, -0.2) is 35.5 Å². The number of halogens is 1. The molecule has 8 rings (SSSR count). The summed E-state index contributed by atoms with van der Waals surface area (Å²) in [5.41, 5.74) is 8.48. The van der Waals surface area contributed by atoms with E-state index >= 15 is 0 Å². The number of aliphatic imine (C=N–C) groups is 1. The summed E-state index contributed by atoms with van der Waals surface area (Å²) in [7, 11) is 0. The van der Waals surface area contributed by atoms with Gasteiger partial charge in [-0.1, -0.05) is 36.7 Å². The summed E-state index contributed by atoms with van der Waals surface area (Å²) >= 11 is 6.35. The van der Waals surface area contributed by atoms with Gasteiger partial charge < -0.3 is 0 Å². The maximum atomic E-state index is 13.6. The molecule has 1 saturated carbocycles. The van der Waals surface area contributed by atoms with E-state index < -0.39 is 0 Å². The molecule has 0 spiro atoms. The minimum atomic E-state index is -0.0612.